The Hall–Kier alpha value is -0.885. The molecule has 3 fully saturated rings. The number of aromatic amines is 1. The van der Waals surface area contributed by atoms with Gasteiger partial charge in [-0.25, -0.2) is 8.91 Å². The van der Waals surface area contributed by atoms with Gasteiger partial charge in [-0.2, -0.15) is 0 Å². The van der Waals surface area contributed by atoms with E-state index in [9.17, 15) is 0 Å². The molecule has 1 aromatic carbocycles. The van der Waals surface area contributed by atoms with E-state index in [1.54, 1.807) is 0 Å². The van der Waals surface area contributed by atoms with Gasteiger partial charge >= 0.3 is 7.12 Å². The molecule has 138 valence electrons. The van der Waals surface area contributed by atoms with Gasteiger partial charge in [-0.15, -0.1) is 0 Å². The van der Waals surface area contributed by atoms with Gasteiger partial charge in [0.2, 0.25) is 0 Å². The van der Waals surface area contributed by atoms with Crippen molar-refractivity contribution in [2.75, 3.05) is 0 Å². The van der Waals surface area contributed by atoms with Crippen LogP contribution < -0.4 is 5.46 Å². The number of hydrogen-bond acceptors (Lipinski definition) is 4. The molecule has 7 heteroatoms. The topological polar surface area (TPSA) is 50.4 Å². The molecule has 2 aromatic rings. The molecule has 1 N–H and O–H groups in total. The van der Waals surface area contributed by atoms with Crippen molar-refractivity contribution in [3.05, 3.63) is 24.0 Å². The minimum Gasteiger partial charge on any atom is -0.399 e. The fourth-order valence-corrected chi connectivity index (χ4v) is 5.48. The van der Waals surface area contributed by atoms with Gasteiger partial charge in [-0.05, 0) is 70.5 Å². The van der Waals surface area contributed by atoms with Gasteiger partial charge in [0.05, 0.1) is 28.3 Å². The molecule has 1 aliphatic carbocycles. The number of nitrogens with one attached hydrogen (secondary N) is 1. The molecule has 0 amide bonds. The van der Waals surface area contributed by atoms with Crippen LogP contribution in [0.3, 0.4) is 0 Å². The number of piperidine rings is 1. The summed E-state index contributed by atoms with van der Waals surface area (Å²) >= 11 is 3.78. The van der Waals surface area contributed by atoms with Gasteiger partial charge in [0.1, 0.15) is 5.82 Å². The molecule has 1 saturated carbocycles. The first kappa shape index (κ1) is 17.2. The van der Waals surface area contributed by atoms with Gasteiger partial charge in [-0.3, -0.25) is 0 Å². The third-order valence-corrected chi connectivity index (χ3v) is 7.86. The van der Waals surface area contributed by atoms with Crippen molar-refractivity contribution in [1.82, 2.24) is 13.9 Å². The second-order valence-corrected chi connectivity index (χ2v) is 9.82. The zero-order valence-corrected chi connectivity index (χ0v) is 17.3. The fourth-order valence-electron chi connectivity index (χ4n) is 4.58. The van der Waals surface area contributed by atoms with Crippen LogP contribution >= 0.6 is 16.1 Å². The number of imidazole rings is 1. The molecule has 26 heavy (non-hydrogen) atoms. The number of fused-ring (bicyclic) bond motifs is 3. The molecule has 1 aromatic heterocycles. The first-order chi connectivity index (χ1) is 12.2. The first-order valence-electron chi connectivity index (χ1n) is 9.54. The minimum atomic E-state index is -0.341. The highest BCUT2D eigenvalue weighted by atomic mass is 79.9. The van der Waals surface area contributed by atoms with Crippen molar-refractivity contribution in [3.8, 4) is 0 Å². The quantitative estimate of drug-likeness (QED) is 0.597. The van der Waals surface area contributed by atoms with Crippen molar-refractivity contribution in [2.24, 2.45) is 5.92 Å². The van der Waals surface area contributed by atoms with Gasteiger partial charge in [-0.1, -0.05) is 6.07 Å². The van der Waals surface area contributed by atoms with E-state index in [4.69, 9.17) is 14.3 Å². The second kappa shape index (κ2) is 5.57. The van der Waals surface area contributed by atoms with E-state index in [1.165, 1.54) is 19.3 Å². The van der Waals surface area contributed by atoms with E-state index >= 15 is 0 Å². The number of hydrogen-bond donors (Lipinski definition) is 1. The summed E-state index contributed by atoms with van der Waals surface area (Å²) in [5.74, 6) is 1.76. The van der Waals surface area contributed by atoms with Crippen molar-refractivity contribution >= 4 is 39.8 Å². The average Bonchev–Trinajstić information content (AvgIpc) is 3.29. The molecule has 2 aliphatic heterocycles. The number of rotatable bonds is 2. The van der Waals surface area contributed by atoms with E-state index < -0.39 is 0 Å². The third kappa shape index (κ3) is 2.44. The highest BCUT2D eigenvalue weighted by Crippen LogP contribution is 2.51. The third-order valence-electron chi connectivity index (χ3n) is 6.84. The van der Waals surface area contributed by atoms with Crippen LogP contribution in [0.15, 0.2) is 18.2 Å². The fraction of sp³-hybridized carbons (Fsp3) is 0.632. The van der Waals surface area contributed by atoms with Crippen LogP contribution in [0, 0.1) is 5.92 Å². The van der Waals surface area contributed by atoms with Crippen molar-refractivity contribution < 1.29 is 9.31 Å². The lowest BCUT2D eigenvalue weighted by Crippen LogP contribution is -2.41. The molecule has 2 saturated heterocycles. The highest BCUT2D eigenvalue weighted by molar-refractivity contribution is 9.07. The standard InChI is InChI=1S/C19H25BBrN3O2/c1-18(2)19(3,4)26-20(25-18)12-6-8-14-15(10-12)23-17(22-14)16-11-5-7-13(9-11)24(16)21/h6,8,10-11,13,16H,5,7,9H2,1-4H3,(H,22,23). The van der Waals surface area contributed by atoms with Crippen molar-refractivity contribution in [2.45, 2.75) is 70.2 Å². The lowest BCUT2D eigenvalue weighted by molar-refractivity contribution is 0.00578. The van der Waals surface area contributed by atoms with Crippen LogP contribution in [0.2, 0.25) is 0 Å². The van der Waals surface area contributed by atoms with E-state index in [2.05, 4.69) is 71.0 Å². The molecule has 3 aliphatic rings. The minimum absolute atomic E-state index is 0.328. The van der Waals surface area contributed by atoms with Crippen LogP contribution in [0.1, 0.15) is 58.8 Å². The molecular formula is C19H25BBrN3O2. The number of nitrogens with zero attached hydrogens (tertiary/aromatic N) is 2. The SMILES string of the molecule is CC1(C)OB(c2ccc3nc(C4C5CCC(C5)N4Br)[nH]c3c2)OC1(C)C. The first-order valence-corrected chi connectivity index (χ1v) is 10.3. The molecule has 3 atom stereocenters. The lowest BCUT2D eigenvalue weighted by Gasteiger charge is -2.32. The van der Waals surface area contributed by atoms with E-state index in [0.717, 1.165) is 22.3 Å². The zero-order chi connectivity index (χ0) is 18.3. The Bertz CT molecular complexity index is 850. The number of benzene rings is 1. The van der Waals surface area contributed by atoms with Gasteiger partial charge in [0.25, 0.3) is 0 Å². The molecular weight excluding hydrogens is 393 g/mol. The normalized spacial score (nSPS) is 32.8. The summed E-state index contributed by atoms with van der Waals surface area (Å²) < 4.78 is 14.7. The lowest BCUT2D eigenvalue weighted by atomic mass is 9.79. The Morgan fingerprint density at radius 1 is 1.19 bits per heavy atom. The summed E-state index contributed by atoms with van der Waals surface area (Å²) in [6, 6.07) is 7.27. The molecule has 3 heterocycles. The van der Waals surface area contributed by atoms with Crippen molar-refractivity contribution in [1.29, 1.82) is 0 Å². The Morgan fingerprint density at radius 3 is 2.58 bits per heavy atom. The summed E-state index contributed by atoms with van der Waals surface area (Å²) in [6.45, 7) is 8.33. The molecule has 5 rings (SSSR count). The summed E-state index contributed by atoms with van der Waals surface area (Å²) in [5, 5.41) is 0. The Morgan fingerprint density at radius 2 is 1.92 bits per heavy atom. The largest absolute Gasteiger partial charge is 0.494 e. The number of aromatic nitrogens is 2. The van der Waals surface area contributed by atoms with E-state index in [-0.39, 0.29) is 18.3 Å². The summed E-state index contributed by atoms with van der Waals surface area (Å²) in [7, 11) is -0.341. The average molecular weight is 418 g/mol. The molecule has 3 unspecified atom stereocenters. The van der Waals surface area contributed by atoms with Crippen LogP contribution in [-0.4, -0.2) is 38.3 Å². The maximum atomic E-state index is 6.19. The van der Waals surface area contributed by atoms with Crippen LogP contribution in [0.25, 0.3) is 11.0 Å². The van der Waals surface area contributed by atoms with Crippen molar-refractivity contribution in [3.63, 3.8) is 0 Å². The van der Waals surface area contributed by atoms with E-state index in [0.29, 0.717) is 18.0 Å². The summed E-state index contributed by atoms with van der Waals surface area (Å²) in [5.41, 5.74) is 2.44. The maximum Gasteiger partial charge on any atom is 0.494 e. The van der Waals surface area contributed by atoms with Gasteiger partial charge < -0.3 is 14.3 Å². The van der Waals surface area contributed by atoms with Gasteiger partial charge in [0, 0.05) is 22.2 Å². The monoisotopic (exact) mass is 417 g/mol. The van der Waals surface area contributed by atoms with E-state index in [1.807, 2.05) is 0 Å². The zero-order valence-electron chi connectivity index (χ0n) is 15.8. The summed E-state index contributed by atoms with van der Waals surface area (Å²) in [4.78, 5) is 8.44. The molecule has 0 radical (unpaired) electrons. The number of halogens is 1. The predicted molar refractivity (Wildman–Crippen MR) is 106 cm³/mol. The maximum absolute atomic E-state index is 6.19. The molecule has 0 spiro atoms. The number of H-pyrrole nitrogens is 1. The molecule has 2 bridgehead atoms. The highest BCUT2D eigenvalue weighted by Gasteiger charge is 2.52. The van der Waals surface area contributed by atoms with Crippen LogP contribution in [0.4, 0.5) is 0 Å². The Kier molecular flexibility index (Phi) is 3.69. The second-order valence-electron chi connectivity index (χ2n) is 9.00. The van der Waals surface area contributed by atoms with Crippen LogP contribution in [0.5, 0.6) is 0 Å². The van der Waals surface area contributed by atoms with Gasteiger partial charge in [0.15, 0.2) is 0 Å². The predicted octanol–water partition coefficient (Wildman–Crippen LogP) is 3.70. The summed E-state index contributed by atoms with van der Waals surface area (Å²) in [6.07, 6.45) is 3.86. The Balaban J connectivity index is 1.46. The Labute approximate surface area is 163 Å². The van der Waals surface area contributed by atoms with Crippen LogP contribution in [-0.2, 0) is 9.31 Å². The molecule has 5 nitrogen and oxygen atoms in total. The smallest absolute Gasteiger partial charge is 0.399 e.